The zero-order valence-electron chi connectivity index (χ0n) is 13.3. The van der Waals surface area contributed by atoms with Crippen molar-refractivity contribution in [3.05, 3.63) is 58.3 Å². The Labute approximate surface area is 151 Å². The Morgan fingerprint density at radius 2 is 2.12 bits per heavy atom. The van der Waals surface area contributed by atoms with Crippen LogP contribution in [0.2, 0.25) is 10.0 Å². The highest BCUT2D eigenvalue weighted by atomic mass is 35.5. The molecule has 1 aromatic heterocycles. The molecule has 3 rings (SSSR count). The van der Waals surface area contributed by atoms with Gasteiger partial charge in [-0.05, 0) is 49.1 Å². The van der Waals surface area contributed by atoms with E-state index in [0.717, 1.165) is 18.5 Å². The van der Waals surface area contributed by atoms with Crippen LogP contribution in [0.3, 0.4) is 0 Å². The van der Waals surface area contributed by atoms with E-state index in [0.29, 0.717) is 21.7 Å². The molecule has 4 nitrogen and oxygen atoms in total. The molecule has 0 radical (unpaired) electrons. The van der Waals surface area contributed by atoms with Gasteiger partial charge in [0.05, 0.1) is 16.8 Å². The molecule has 1 aliphatic carbocycles. The zero-order chi connectivity index (χ0) is 17.1. The quantitative estimate of drug-likeness (QED) is 0.763. The van der Waals surface area contributed by atoms with Crippen LogP contribution in [0.4, 0.5) is 0 Å². The van der Waals surface area contributed by atoms with E-state index >= 15 is 0 Å². The number of pyridine rings is 1. The smallest absolute Gasteiger partial charge is 0.260 e. The molecule has 1 saturated carbocycles. The summed E-state index contributed by atoms with van der Waals surface area (Å²) in [4.78, 5) is 18.7. The molecule has 0 spiro atoms. The molecule has 0 bridgehead atoms. The van der Waals surface area contributed by atoms with Gasteiger partial charge in [-0.3, -0.25) is 9.78 Å². The predicted molar refractivity (Wildman–Crippen MR) is 94.4 cm³/mol. The third kappa shape index (κ3) is 4.00. The average molecular weight is 365 g/mol. The lowest BCUT2D eigenvalue weighted by molar-refractivity contribution is -0.134. The third-order valence-electron chi connectivity index (χ3n) is 4.12. The van der Waals surface area contributed by atoms with Gasteiger partial charge in [0.2, 0.25) is 0 Å². The summed E-state index contributed by atoms with van der Waals surface area (Å²) in [6.45, 7) is -0.0755. The molecular weight excluding hydrogens is 347 g/mol. The molecule has 1 aliphatic rings. The van der Waals surface area contributed by atoms with Crippen LogP contribution in [0.15, 0.2) is 42.6 Å². The van der Waals surface area contributed by atoms with Crippen molar-refractivity contribution in [1.82, 2.24) is 9.88 Å². The first-order valence-electron chi connectivity index (χ1n) is 7.80. The number of carbonyl (C=O) groups excluding carboxylic acids is 1. The molecule has 126 valence electrons. The molecule has 0 N–H and O–H groups in total. The maximum absolute atomic E-state index is 12.5. The average Bonchev–Trinajstić information content (AvgIpc) is 3.40. The molecule has 0 saturated heterocycles. The number of hydrogen-bond donors (Lipinski definition) is 0. The molecule has 1 atom stereocenters. The Kier molecular flexibility index (Phi) is 5.27. The van der Waals surface area contributed by atoms with Gasteiger partial charge < -0.3 is 9.64 Å². The standard InChI is InChI=1S/C18H18Cl2N2O2/c1-22(18(12-5-6-12)15-4-2-3-9-21-15)17(23)11-24-16-8-7-13(19)10-14(16)20/h2-4,7-10,12,18H,5-6,11H2,1H3/t18-/m1/s1. The summed E-state index contributed by atoms with van der Waals surface area (Å²) in [5.74, 6) is 0.806. The van der Waals surface area contributed by atoms with Gasteiger partial charge in [-0.25, -0.2) is 0 Å². The molecule has 24 heavy (non-hydrogen) atoms. The van der Waals surface area contributed by atoms with Crippen LogP contribution < -0.4 is 4.74 Å². The van der Waals surface area contributed by atoms with Crippen LogP contribution in [-0.4, -0.2) is 29.4 Å². The first-order chi connectivity index (χ1) is 11.6. The summed E-state index contributed by atoms with van der Waals surface area (Å²) in [7, 11) is 1.80. The number of likely N-dealkylation sites (N-methyl/N-ethyl adjacent to an activating group) is 1. The highest BCUT2D eigenvalue weighted by Crippen LogP contribution is 2.43. The molecular formula is C18H18Cl2N2O2. The Balaban J connectivity index is 1.67. The molecule has 1 aromatic carbocycles. The van der Waals surface area contributed by atoms with E-state index in [1.807, 2.05) is 18.2 Å². The van der Waals surface area contributed by atoms with Gasteiger partial charge >= 0.3 is 0 Å². The van der Waals surface area contributed by atoms with E-state index in [1.54, 1.807) is 36.3 Å². The van der Waals surface area contributed by atoms with Crippen LogP contribution in [0.5, 0.6) is 5.75 Å². The van der Waals surface area contributed by atoms with Crippen molar-refractivity contribution in [3.63, 3.8) is 0 Å². The number of nitrogens with zero attached hydrogens (tertiary/aromatic N) is 2. The van der Waals surface area contributed by atoms with E-state index in [2.05, 4.69) is 4.98 Å². The molecule has 1 heterocycles. The van der Waals surface area contributed by atoms with E-state index in [1.165, 1.54) is 0 Å². The number of benzene rings is 1. The van der Waals surface area contributed by atoms with Gasteiger partial charge in [0.15, 0.2) is 6.61 Å². The Bertz CT molecular complexity index is 720. The first kappa shape index (κ1) is 17.1. The van der Waals surface area contributed by atoms with Crippen molar-refractivity contribution >= 4 is 29.1 Å². The Hall–Kier alpha value is -1.78. The summed E-state index contributed by atoms with van der Waals surface area (Å²) >= 11 is 11.9. The van der Waals surface area contributed by atoms with Crippen LogP contribution in [0.25, 0.3) is 0 Å². The minimum absolute atomic E-state index is 0.0111. The second-order valence-electron chi connectivity index (χ2n) is 5.90. The topological polar surface area (TPSA) is 42.4 Å². The van der Waals surface area contributed by atoms with E-state index < -0.39 is 0 Å². The van der Waals surface area contributed by atoms with Gasteiger partial charge in [0.25, 0.3) is 5.91 Å². The normalized spacial score (nSPS) is 15.0. The van der Waals surface area contributed by atoms with Gasteiger partial charge in [0.1, 0.15) is 5.75 Å². The number of halogens is 2. The van der Waals surface area contributed by atoms with Gasteiger partial charge in [0, 0.05) is 18.3 Å². The van der Waals surface area contributed by atoms with E-state index in [9.17, 15) is 4.79 Å². The van der Waals surface area contributed by atoms with Crippen LogP contribution in [0, 0.1) is 5.92 Å². The summed E-state index contributed by atoms with van der Waals surface area (Å²) in [6, 6.07) is 10.7. The summed E-state index contributed by atoms with van der Waals surface area (Å²) in [6.07, 6.45) is 3.98. The van der Waals surface area contributed by atoms with Crippen molar-refractivity contribution in [2.24, 2.45) is 5.92 Å². The maximum atomic E-state index is 12.5. The molecule has 6 heteroatoms. The third-order valence-corrected chi connectivity index (χ3v) is 4.65. The monoisotopic (exact) mass is 364 g/mol. The van der Waals surface area contributed by atoms with Gasteiger partial charge in [-0.2, -0.15) is 0 Å². The number of aromatic nitrogens is 1. The fourth-order valence-corrected chi connectivity index (χ4v) is 3.17. The molecule has 2 aromatic rings. The molecule has 0 aliphatic heterocycles. The lowest BCUT2D eigenvalue weighted by atomic mass is 10.1. The number of amides is 1. The SMILES string of the molecule is CN(C(=O)COc1ccc(Cl)cc1Cl)[C@@H](c1ccccn1)C1CC1. The Morgan fingerprint density at radius 1 is 1.33 bits per heavy atom. The summed E-state index contributed by atoms with van der Waals surface area (Å²) in [5.41, 5.74) is 0.917. The minimum atomic E-state index is -0.108. The van der Waals surface area contributed by atoms with Gasteiger partial charge in [-0.1, -0.05) is 29.3 Å². The summed E-state index contributed by atoms with van der Waals surface area (Å²) in [5, 5.41) is 0.918. The Morgan fingerprint density at radius 3 is 2.75 bits per heavy atom. The molecule has 1 fully saturated rings. The van der Waals surface area contributed by atoms with E-state index in [4.69, 9.17) is 27.9 Å². The van der Waals surface area contributed by atoms with Crippen molar-refractivity contribution in [3.8, 4) is 5.75 Å². The zero-order valence-corrected chi connectivity index (χ0v) is 14.8. The lowest BCUT2D eigenvalue weighted by Gasteiger charge is -2.28. The summed E-state index contributed by atoms with van der Waals surface area (Å²) < 4.78 is 5.56. The molecule has 0 unspecified atom stereocenters. The number of ether oxygens (including phenoxy) is 1. The first-order valence-corrected chi connectivity index (χ1v) is 8.56. The van der Waals surface area contributed by atoms with Crippen molar-refractivity contribution in [2.45, 2.75) is 18.9 Å². The van der Waals surface area contributed by atoms with Crippen LogP contribution >= 0.6 is 23.2 Å². The van der Waals surface area contributed by atoms with Gasteiger partial charge in [-0.15, -0.1) is 0 Å². The fraction of sp³-hybridized carbons (Fsp3) is 0.333. The highest BCUT2D eigenvalue weighted by Gasteiger charge is 2.37. The maximum Gasteiger partial charge on any atom is 0.260 e. The second-order valence-corrected chi connectivity index (χ2v) is 6.75. The van der Waals surface area contributed by atoms with Crippen molar-refractivity contribution in [1.29, 1.82) is 0 Å². The minimum Gasteiger partial charge on any atom is -0.482 e. The lowest BCUT2D eigenvalue weighted by Crippen LogP contribution is -2.36. The highest BCUT2D eigenvalue weighted by molar-refractivity contribution is 6.35. The van der Waals surface area contributed by atoms with Crippen LogP contribution in [-0.2, 0) is 4.79 Å². The van der Waals surface area contributed by atoms with Crippen LogP contribution in [0.1, 0.15) is 24.6 Å². The predicted octanol–water partition coefficient (Wildman–Crippen LogP) is 4.38. The van der Waals surface area contributed by atoms with Crippen molar-refractivity contribution in [2.75, 3.05) is 13.7 Å². The number of hydrogen-bond acceptors (Lipinski definition) is 3. The number of carbonyl (C=O) groups is 1. The molecule has 1 amide bonds. The second kappa shape index (κ2) is 7.41. The van der Waals surface area contributed by atoms with E-state index in [-0.39, 0.29) is 18.6 Å². The largest absolute Gasteiger partial charge is 0.482 e. The fourth-order valence-electron chi connectivity index (χ4n) is 2.71. The number of rotatable bonds is 6. The van der Waals surface area contributed by atoms with Crippen molar-refractivity contribution < 1.29 is 9.53 Å².